The number of nitrogens with zero attached hydrogens (tertiary/aromatic N) is 4. The van der Waals surface area contributed by atoms with Gasteiger partial charge in [-0.2, -0.15) is 4.68 Å². The molecule has 0 aliphatic carbocycles. The molecule has 5 nitrogen and oxygen atoms in total. The predicted molar refractivity (Wildman–Crippen MR) is 78.7 cm³/mol. The lowest BCUT2D eigenvalue weighted by atomic mass is 10.1. The Morgan fingerprint density at radius 1 is 1.24 bits per heavy atom. The first-order valence-corrected chi connectivity index (χ1v) is 6.55. The van der Waals surface area contributed by atoms with Gasteiger partial charge in [-0.3, -0.25) is 0 Å². The maximum Gasteiger partial charge on any atom is 0.189 e. The molecular weight excluding hydrogens is 293 g/mol. The van der Waals surface area contributed by atoms with Gasteiger partial charge in [0.25, 0.3) is 0 Å². The van der Waals surface area contributed by atoms with Crippen molar-refractivity contribution in [1.29, 1.82) is 0 Å². The third-order valence-corrected chi connectivity index (χ3v) is 3.36. The number of aryl methyl sites for hydroxylation is 1. The number of anilines is 1. The van der Waals surface area contributed by atoms with E-state index in [9.17, 15) is 4.39 Å². The fourth-order valence-corrected chi connectivity index (χ4v) is 2.29. The molecule has 0 fully saturated rings. The topological polar surface area (TPSA) is 69.6 Å². The van der Waals surface area contributed by atoms with Gasteiger partial charge in [-0.15, -0.1) is 5.10 Å². The van der Waals surface area contributed by atoms with Crippen molar-refractivity contribution < 1.29 is 4.39 Å². The van der Waals surface area contributed by atoms with E-state index in [4.69, 9.17) is 17.3 Å². The first-order chi connectivity index (χ1) is 10.1. The molecular formula is C14H11ClFN5. The lowest BCUT2D eigenvalue weighted by Crippen LogP contribution is -2.06. The van der Waals surface area contributed by atoms with Gasteiger partial charge in [0, 0.05) is 16.3 Å². The van der Waals surface area contributed by atoms with Crippen molar-refractivity contribution in [3.05, 3.63) is 52.8 Å². The summed E-state index contributed by atoms with van der Waals surface area (Å²) in [7, 11) is 0. The number of hydrogen-bond donors (Lipinski definition) is 1. The number of hydrogen-bond acceptors (Lipinski definition) is 4. The van der Waals surface area contributed by atoms with Gasteiger partial charge < -0.3 is 5.73 Å². The molecule has 1 aromatic heterocycles. The number of rotatable bonds is 2. The Morgan fingerprint density at radius 3 is 2.81 bits per heavy atom. The van der Waals surface area contributed by atoms with Gasteiger partial charge in [-0.1, -0.05) is 23.7 Å². The summed E-state index contributed by atoms with van der Waals surface area (Å²) in [6.07, 6.45) is 0. The van der Waals surface area contributed by atoms with Crippen molar-refractivity contribution in [3.8, 4) is 17.1 Å². The van der Waals surface area contributed by atoms with E-state index < -0.39 is 5.82 Å². The number of halogens is 2. The Hall–Kier alpha value is -2.47. The largest absolute Gasteiger partial charge is 0.398 e. The van der Waals surface area contributed by atoms with Gasteiger partial charge in [0.1, 0.15) is 11.5 Å². The minimum atomic E-state index is -0.413. The first kappa shape index (κ1) is 13.5. The fourth-order valence-electron chi connectivity index (χ4n) is 2.12. The lowest BCUT2D eigenvalue weighted by Gasteiger charge is -2.10. The Labute approximate surface area is 125 Å². The zero-order valence-electron chi connectivity index (χ0n) is 11.1. The van der Waals surface area contributed by atoms with Gasteiger partial charge >= 0.3 is 0 Å². The van der Waals surface area contributed by atoms with Crippen LogP contribution in [0, 0.1) is 12.7 Å². The lowest BCUT2D eigenvalue weighted by molar-refractivity contribution is 0.606. The van der Waals surface area contributed by atoms with Crippen molar-refractivity contribution in [1.82, 2.24) is 20.2 Å². The molecule has 0 atom stereocenters. The van der Waals surface area contributed by atoms with Crippen LogP contribution >= 0.6 is 11.6 Å². The second kappa shape index (κ2) is 5.14. The van der Waals surface area contributed by atoms with E-state index in [1.54, 1.807) is 37.3 Å². The molecule has 0 saturated heterocycles. The SMILES string of the molecule is Cc1cccc(F)c1-n1nnnc1-c1cc(Cl)ccc1N. The Balaban J connectivity index is 2.25. The van der Waals surface area contributed by atoms with E-state index in [-0.39, 0.29) is 5.69 Å². The Kier molecular flexibility index (Phi) is 3.31. The molecule has 21 heavy (non-hydrogen) atoms. The smallest absolute Gasteiger partial charge is 0.189 e. The Morgan fingerprint density at radius 2 is 2.05 bits per heavy atom. The number of nitrogens with two attached hydrogens (primary N) is 1. The molecule has 106 valence electrons. The van der Waals surface area contributed by atoms with Gasteiger partial charge in [0.05, 0.1) is 0 Å². The maximum absolute atomic E-state index is 14.1. The average molecular weight is 304 g/mol. The number of nitrogen functional groups attached to an aromatic ring is 1. The molecule has 0 bridgehead atoms. The second-order valence-corrected chi connectivity index (χ2v) is 4.99. The van der Waals surface area contributed by atoms with Crippen LogP contribution in [0.25, 0.3) is 17.1 Å². The monoisotopic (exact) mass is 303 g/mol. The van der Waals surface area contributed by atoms with Crippen LogP contribution in [0.3, 0.4) is 0 Å². The fraction of sp³-hybridized carbons (Fsp3) is 0.0714. The highest BCUT2D eigenvalue weighted by atomic mass is 35.5. The minimum absolute atomic E-state index is 0.289. The second-order valence-electron chi connectivity index (χ2n) is 4.55. The van der Waals surface area contributed by atoms with Gasteiger partial charge in [-0.25, -0.2) is 4.39 Å². The van der Waals surface area contributed by atoms with E-state index in [2.05, 4.69) is 15.5 Å². The zero-order valence-corrected chi connectivity index (χ0v) is 11.8. The van der Waals surface area contributed by atoms with Gasteiger partial charge in [0.2, 0.25) is 0 Å². The maximum atomic E-state index is 14.1. The summed E-state index contributed by atoms with van der Waals surface area (Å²) in [5.74, 6) is -0.0765. The van der Waals surface area contributed by atoms with Crippen LogP contribution in [0.4, 0.5) is 10.1 Å². The first-order valence-electron chi connectivity index (χ1n) is 6.17. The van der Waals surface area contributed by atoms with Gasteiger partial charge in [-0.05, 0) is 47.2 Å². The van der Waals surface area contributed by atoms with Crippen molar-refractivity contribution in [2.75, 3.05) is 5.73 Å². The van der Waals surface area contributed by atoms with E-state index in [1.807, 2.05) is 0 Å². The number of para-hydroxylation sites is 1. The van der Waals surface area contributed by atoms with E-state index in [0.717, 1.165) is 0 Å². The molecule has 0 aliphatic rings. The number of benzene rings is 2. The number of tetrazole rings is 1. The standard InChI is InChI=1S/C14H11ClFN5/c1-8-3-2-4-11(16)13(8)21-14(18-19-20-21)10-7-9(15)5-6-12(10)17/h2-7H,17H2,1H3. The molecule has 0 spiro atoms. The molecule has 0 amide bonds. The van der Waals surface area contributed by atoms with Crippen molar-refractivity contribution in [2.24, 2.45) is 0 Å². The van der Waals surface area contributed by atoms with Crippen molar-refractivity contribution in [3.63, 3.8) is 0 Å². The zero-order chi connectivity index (χ0) is 15.0. The van der Waals surface area contributed by atoms with E-state index in [0.29, 0.717) is 27.7 Å². The summed E-state index contributed by atoms with van der Waals surface area (Å²) in [5, 5.41) is 11.9. The van der Waals surface area contributed by atoms with Crippen LogP contribution in [0.1, 0.15) is 5.56 Å². The molecule has 7 heteroatoms. The summed E-state index contributed by atoms with van der Waals surface area (Å²) in [6, 6.07) is 9.75. The summed E-state index contributed by atoms with van der Waals surface area (Å²) < 4.78 is 15.4. The van der Waals surface area contributed by atoms with Crippen LogP contribution in [-0.4, -0.2) is 20.2 Å². The normalized spacial score (nSPS) is 10.8. The minimum Gasteiger partial charge on any atom is -0.398 e. The summed E-state index contributed by atoms with van der Waals surface area (Å²) in [4.78, 5) is 0. The molecule has 3 aromatic rings. The Bertz CT molecular complexity index is 795. The molecule has 2 N–H and O–H groups in total. The molecule has 0 unspecified atom stereocenters. The molecule has 3 rings (SSSR count). The highest BCUT2D eigenvalue weighted by Crippen LogP contribution is 2.29. The van der Waals surface area contributed by atoms with Crippen LogP contribution in [0.5, 0.6) is 0 Å². The summed E-state index contributed by atoms with van der Waals surface area (Å²) in [5.41, 5.74) is 7.96. The quantitative estimate of drug-likeness (QED) is 0.739. The molecule has 0 aliphatic heterocycles. The predicted octanol–water partition coefficient (Wildman–Crippen LogP) is 3.01. The van der Waals surface area contributed by atoms with Crippen LogP contribution < -0.4 is 5.73 Å². The highest BCUT2D eigenvalue weighted by Gasteiger charge is 2.18. The van der Waals surface area contributed by atoms with Crippen molar-refractivity contribution in [2.45, 2.75) is 6.92 Å². The summed E-state index contributed by atoms with van der Waals surface area (Å²) >= 11 is 5.99. The molecule has 2 aromatic carbocycles. The third kappa shape index (κ3) is 2.34. The molecule has 0 radical (unpaired) electrons. The van der Waals surface area contributed by atoms with Crippen LogP contribution in [0.15, 0.2) is 36.4 Å². The van der Waals surface area contributed by atoms with Gasteiger partial charge in [0.15, 0.2) is 5.82 Å². The molecule has 0 saturated carbocycles. The highest BCUT2D eigenvalue weighted by molar-refractivity contribution is 6.31. The van der Waals surface area contributed by atoms with Crippen molar-refractivity contribution >= 4 is 17.3 Å². The van der Waals surface area contributed by atoms with Crippen LogP contribution in [-0.2, 0) is 0 Å². The van der Waals surface area contributed by atoms with E-state index in [1.165, 1.54) is 10.7 Å². The summed E-state index contributed by atoms with van der Waals surface area (Å²) in [6.45, 7) is 1.78. The van der Waals surface area contributed by atoms with Crippen LogP contribution in [0.2, 0.25) is 5.02 Å². The number of aromatic nitrogens is 4. The molecule has 1 heterocycles. The van der Waals surface area contributed by atoms with E-state index >= 15 is 0 Å². The average Bonchev–Trinajstić information content (AvgIpc) is 2.90. The third-order valence-electron chi connectivity index (χ3n) is 3.13.